The maximum Gasteiger partial charge on any atom is 0.501 e. The Bertz CT molecular complexity index is 977. The molecular weight excluding hydrogens is 353 g/mol. The summed E-state index contributed by atoms with van der Waals surface area (Å²) in [4.78, 5) is 2.41. The maximum atomic E-state index is 12.5. The normalized spacial score (nSPS) is 12.4. The number of rotatable bonds is 5. The molecule has 0 aliphatic carbocycles. The van der Waals surface area contributed by atoms with E-state index in [1.807, 2.05) is 30.5 Å². The van der Waals surface area contributed by atoms with Crippen molar-refractivity contribution in [1.82, 2.24) is 4.98 Å². The van der Waals surface area contributed by atoms with Gasteiger partial charge in [0.15, 0.2) is 0 Å². The van der Waals surface area contributed by atoms with Crippen LogP contribution in [0, 0.1) is 0 Å². The van der Waals surface area contributed by atoms with Crippen LogP contribution in [0.1, 0.15) is 5.56 Å². The Morgan fingerprint density at radius 2 is 1.68 bits per heavy atom. The van der Waals surface area contributed by atoms with Crippen LogP contribution < -0.4 is 5.32 Å². The van der Waals surface area contributed by atoms with Gasteiger partial charge in [0.05, 0.1) is 4.90 Å². The minimum absolute atomic E-state index is 0.556. The third-order valence-electron chi connectivity index (χ3n) is 3.87. The number of hydrogen-bond donors (Lipinski definition) is 2. The molecule has 2 N–H and O–H groups in total. The van der Waals surface area contributed by atoms with E-state index in [0.29, 0.717) is 18.7 Å². The van der Waals surface area contributed by atoms with E-state index in [0.717, 1.165) is 28.6 Å². The molecule has 132 valence electrons. The van der Waals surface area contributed by atoms with E-state index in [-0.39, 0.29) is 0 Å². The number of anilines is 1. The first-order valence-electron chi connectivity index (χ1n) is 7.49. The Morgan fingerprint density at radius 3 is 2.36 bits per heavy atom. The highest BCUT2D eigenvalue weighted by Gasteiger charge is 2.46. The highest BCUT2D eigenvalue weighted by Crippen LogP contribution is 2.30. The SMILES string of the molecule is O=S(=O)(c1ccc(NCCc2c[nH]c3ccccc23)cc1)C(F)(F)F. The van der Waals surface area contributed by atoms with Crippen molar-refractivity contribution in [3.8, 4) is 0 Å². The number of alkyl halides is 3. The Kier molecular flexibility index (Phi) is 4.47. The van der Waals surface area contributed by atoms with Crippen molar-refractivity contribution in [3.05, 3.63) is 60.3 Å². The lowest BCUT2D eigenvalue weighted by atomic mass is 10.1. The van der Waals surface area contributed by atoms with Crippen LogP contribution in [-0.2, 0) is 16.3 Å². The summed E-state index contributed by atoms with van der Waals surface area (Å²) in [5, 5.41) is 4.20. The van der Waals surface area contributed by atoms with E-state index in [2.05, 4.69) is 10.3 Å². The molecule has 0 spiro atoms. The van der Waals surface area contributed by atoms with Gasteiger partial charge in [-0.2, -0.15) is 13.2 Å². The van der Waals surface area contributed by atoms with Crippen molar-refractivity contribution in [3.63, 3.8) is 0 Å². The second-order valence-corrected chi connectivity index (χ2v) is 7.45. The molecule has 0 fully saturated rings. The summed E-state index contributed by atoms with van der Waals surface area (Å²) in [6.45, 7) is 0.563. The van der Waals surface area contributed by atoms with Gasteiger partial charge >= 0.3 is 5.51 Å². The van der Waals surface area contributed by atoms with Crippen LogP contribution in [0.2, 0.25) is 0 Å². The van der Waals surface area contributed by atoms with Gasteiger partial charge in [-0.15, -0.1) is 0 Å². The molecule has 0 atom stereocenters. The summed E-state index contributed by atoms with van der Waals surface area (Å²) in [5.74, 6) is 0. The molecule has 0 saturated carbocycles. The lowest BCUT2D eigenvalue weighted by molar-refractivity contribution is -0.0436. The smallest absolute Gasteiger partial charge is 0.385 e. The predicted octanol–water partition coefficient (Wildman–Crippen LogP) is 4.12. The number of hydrogen-bond acceptors (Lipinski definition) is 3. The van der Waals surface area contributed by atoms with Crippen LogP contribution in [-0.4, -0.2) is 25.5 Å². The summed E-state index contributed by atoms with van der Waals surface area (Å²) in [5.41, 5.74) is -2.57. The lowest BCUT2D eigenvalue weighted by Crippen LogP contribution is -2.23. The van der Waals surface area contributed by atoms with Gasteiger partial charge in [0.1, 0.15) is 0 Å². The second-order valence-electron chi connectivity index (χ2n) is 5.51. The molecular formula is C17H15F3N2O2S. The van der Waals surface area contributed by atoms with Gasteiger partial charge in [0, 0.05) is 29.3 Å². The van der Waals surface area contributed by atoms with Crippen molar-refractivity contribution in [2.24, 2.45) is 0 Å². The Labute approximate surface area is 142 Å². The van der Waals surface area contributed by atoms with Gasteiger partial charge in [-0.1, -0.05) is 18.2 Å². The van der Waals surface area contributed by atoms with Crippen LogP contribution >= 0.6 is 0 Å². The van der Waals surface area contributed by atoms with E-state index >= 15 is 0 Å². The molecule has 0 bridgehead atoms. The van der Waals surface area contributed by atoms with E-state index in [1.54, 1.807) is 0 Å². The third-order valence-corrected chi connectivity index (χ3v) is 5.37. The fourth-order valence-electron chi connectivity index (χ4n) is 2.57. The zero-order chi connectivity index (χ0) is 18.1. The van der Waals surface area contributed by atoms with Gasteiger partial charge in [-0.05, 0) is 42.3 Å². The average Bonchev–Trinajstić information content (AvgIpc) is 2.98. The zero-order valence-electron chi connectivity index (χ0n) is 13.0. The standard InChI is InChI=1S/C17H15F3N2O2S/c18-17(19,20)25(23,24)14-7-5-13(6-8-14)21-10-9-12-11-22-16-4-2-1-3-15(12)16/h1-8,11,21-22H,9-10H2. The number of H-pyrrole nitrogens is 1. The van der Waals surface area contributed by atoms with Crippen LogP contribution in [0.4, 0.5) is 18.9 Å². The molecule has 0 radical (unpaired) electrons. The highest BCUT2D eigenvalue weighted by atomic mass is 32.2. The molecule has 4 nitrogen and oxygen atoms in total. The summed E-state index contributed by atoms with van der Waals surface area (Å²) >= 11 is 0. The number of benzene rings is 2. The lowest BCUT2D eigenvalue weighted by Gasteiger charge is -2.10. The van der Waals surface area contributed by atoms with Gasteiger partial charge in [-0.3, -0.25) is 0 Å². The number of para-hydroxylation sites is 1. The molecule has 0 amide bonds. The van der Waals surface area contributed by atoms with Crippen molar-refractivity contribution in [1.29, 1.82) is 0 Å². The number of aromatic nitrogens is 1. The largest absolute Gasteiger partial charge is 0.501 e. The van der Waals surface area contributed by atoms with E-state index in [9.17, 15) is 21.6 Å². The minimum atomic E-state index is -5.31. The van der Waals surface area contributed by atoms with Crippen molar-refractivity contribution < 1.29 is 21.6 Å². The first-order valence-corrected chi connectivity index (χ1v) is 8.97. The van der Waals surface area contributed by atoms with Gasteiger partial charge < -0.3 is 10.3 Å². The van der Waals surface area contributed by atoms with Crippen molar-refractivity contribution in [2.45, 2.75) is 16.8 Å². The van der Waals surface area contributed by atoms with Crippen LogP contribution in [0.5, 0.6) is 0 Å². The number of sulfone groups is 1. The average molecular weight is 368 g/mol. The fraction of sp³-hybridized carbons (Fsp3) is 0.176. The molecule has 2 aromatic carbocycles. The van der Waals surface area contributed by atoms with Crippen LogP contribution in [0.3, 0.4) is 0 Å². The minimum Gasteiger partial charge on any atom is -0.385 e. The molecule has 3 rings (SSSR count). The van der Waals surface area contributed by atoms with Gasteiger partial charge in [0.25, 0.3) is 9.84 Å². The van der Waals surface area contributed by atoms with Gasteiger partial charge in [-0.25, -0.2) is 8.42 Å². The molecule has 0 unspecified atom stereocenters. The Hall–Kier alpha value is -2.48. The summed E-state index contributed by atoms with van der Waals surface area (Å²) < 4.78 is 60.1. The van der Waals surface area contributed by atoms with Crippen molar-refractivity contribution >= 4 is 26.4 Å². The Balaban J connectivity index is 1.65. The van der Waals surface area contributed by atoms with E-state index in [1.165, 1.54) is 12.1 Å². The zero-order valence-corrected chi connectivity index (χ0v) is 13.8. The van der Waals surface area contributed by atoms with Gasteiger partial charge in [0.2, 0.25) is 0 Å². The predicted molar refractivity (Wildman–Crippen MR) is 90.2 cm³/mol. The summed E-state index contributed by atoms with van der Waals surface area (Å²) in [7, 11) is -5.31. The Morgan fingerprint density at radius 1 is 1.00 bits per heavy atom. The monoisotopic (exact) mass is 368 g/mol. The molecule has 0 aliphatic rings. The van der Waals surface area contributed by atoms with Crippen LogP contribution in [0.15, 0.2) is 59.6 Å². The third kappa shape index (κ3) is 3.48. The molecule has 3 aromatic rings. The molecule has 25 heavy (non-hydrogen) atoms. The number of aromatic amines is 1. The van der Waals surface area contributed by atoms with E-state index < -0.39 is 20.2 Å². The number of nitrogens with one attached hydrogen (secondary N) is 2. The maximum absolute atomic E-state index is 12.5. The first kappa shape index (κ1) is 17.3. The second kappa shape index (κ2) is 6.44. The quantitative estimate of drug-likeness (QED) is 0.712. The van der Waals surface area contributed by atoms with E-state index in [4.69, 9.17) is 0 Å². The first-order chi connectivity index (χ1) is 11.8. The molecule has 0 aliphatic heterocycles. The van der Waals surface area contributed by atoms with Crippen molar-refractivity contribution in [2.75, 3.05) is 11.9 Å². The topological polar surface area (TPSA) is 62.0 Å². The van der Waals surface area contributed by atoms with Crippen LogP contribution in [0.25, 0.3) is 10.9 Å². The number of halogens is 3. The molecule has 8 heteroatoms. The number of fused-ring (bicyclic) bond motifs is 1. The summed E-state index contributed by atoms with van der Waals surface area (Å²) in [6, 6.07) is 12.4. The fourth-order valence-corrected chi connectivity index (χ4v) is 3.33. The molecule has 1 heterocycles. The molecule has 0 saturated heterocycles. The molecule has 1 aromatic heterocycles. The summed E-state index contributed by atoms with van der Waals surface area (Å²) in [6.07, 6.45) is 2.64. The highest BCUT2D eigenvalue weighted by molar-refractivity contribution is 7.92.